The maximum absolute atomic E-state index is 11.2. The Kier molecular flexibility index (Phi) is 4.12. The van der Waals surface area contributed by atoms with Crippen molar-refractivity contribution < 1.29 is 9.90 Å². The van der Waals surface area contributed by atoms with Gasteiger partial charge in [-0.15, -0.1) is 0 Å². The minimum absolute atomic E-state index is 0.364. The van der Waals surface area contributed by atoms with Crippen LogP contribution in [0.2, 0.25) is 0 Å². The summed E-state index contributed by atoms with van der Waals surface area (Å²) in [5, 5.41) is 9.17. The number of carboxylic acids is 1. The number of hydrogen-bond donors (Lipinski definition) is 1. The van der Waals surface area contributed by atoms with E-state index in [4.69, 9.17) is 0 Å². The van der Waals surface area contributed by atoms with Crippen molar-refractivity contribution >= 4 is 5.97 Å². The van der Waals surface area contributed by atoms with Gasteiger partial charge in [-0.1, -0.05) is 42.8 Å². The van der Waals surface area contributed by atoms with Crippen molar-refractivity contribution in [3.8, 4) is 0 Å². The maximum Gasteiger partial charge on any atom is 0.335 e. The Labute approximate surface area is 149 Å². The molecule has 25 heavy (non-hydrogen) atoms. The van der Waals surface area contributed by atoms with Gasteiger partial charge in [0.05, 0.1) is 5.56 Å². The number of benzene rings is 2. The number of nitrogens with zero attached hydrogens (tertiary/aromatic N) is 1. The first-order valence-electron chi connectivity index (χ1n) is 9.24. The van der Waals surface area contributed by atoms with Gasteiger partial charge in [0, 0.05) is 18.4 Å². The van der Waals surface area contributed by atoms with E-state index in [0.29, 0.717) is 23.3 Å². The number of carbonyl (C=O) groups is 1. The summed E-state index contributed by atoms with van der Waals surface area (Å²) in [7, 11) is 0. The molecule has 4 rings (SSSR count). The number of carboxylic acid groups (broad SMARTS) is 1. The fourth-order valence-electron chi connectivity index (χ4n) is 4.84. The number of likely N-dealkylation sites (N-methyl/N-ethyl adjacent to an activating group) is 1. The third-order valence-electron chi connectivity index (χ3n) is 6.12. The fourth-order valence-corrected chi connectivity index (χ4v) is 4.84. The zero-order chi connectivity index (χ0) is 17.6. The lowest BCUT2D eigenvalue weighted by atomic mass is 9.78. The molecule has 3 atom stereocenters. The highest BCUT2D eigenvalue weighted by Gasteiger charge is 2.43. The van der Waals surface area contributed by atoms with Crippen LogP contribution in [0.5, 0.6) is 0 Å². The van der Waals surface area contributed by atoms with Gasteiger partial charge in [-0.25, -0.2) is 4.79 Å². The fraction of sp³-hybridized carbons (Fsp3) is 0.409. The molecule has 130 valence electrons. The van der Waals surface area contributed by atoms with Crippen LogP contribution in [-0.2, 0) is 0 Å². The van der Waals surface area contributed by atoms with E-state index in [1.807, 2.05) is 12.1 Å². The summed E-state index contributed by atoms with van der Waals surface area (Å²) >= 11 is 0. The Morgan fingerprint density at radius 1 is 1.16 bits per heavy atom. The summed E-state index contributed by atoms with van der Waals surface area (Å²) in [6.45, 7) is 7.82. The first-order valence-corrected chi connectivity index (χ1v) is 9.24. The van der Waals surface area contributed by atoms with Crippen molar-refractivity contribution in [2.75, 3.05) is 19.6 Å². The summed E-state index contributed by atoms with van der Waals surface area (Å²) < 4.78 is 0. The lowest BCUT2D eigenvalue weighted by Gasteiger charge is -2.37. The second kappa shape index (κ2) is 6.30. The van der Waals surface area contributed by atoms with Crippen molar-refractivity contribution in [1.29, 1.82) is 0 Å². The number of aromatic carboxylic acids is 1. The van der Waals surface area contributed by atoms with Crippen LogP contribution in [0.4, 0.5) is 0 Å². The molecule has 1 saturated heterocycles. The van der Waals surface area contributed by atoms with E-state index >= 15 is 0 Å². The van der Waals surface area contributed by atoms with E-state index in [1.165, 1.54) is 28.7 Å². The molecule has 1 aliphatic carbocycles. The zero-order valence-corrected chi connectivity index (χ0v) is 14.9. The van der Waals surface area contributed by atoms with Crippen LogP contribution < -0.4 is 0 Å². The number of fused-ring (bicyclic) bond motifs is 3. The molecule has 3 heteroatoms. The first-order chi connectivity index (χ1) is 12.1. The topological polar surface area (TPSA) is 40.5 Å². The molecular formula is C22H25NO2. The quantitative estimate of drug-likeness (QED) is 0.911. The van der Waals surface area contributed by atoms with Crippen molar-refractivity contribution in [2.45, 2.75) is 32.1 Å². The largest absolute Gasteiger partial charge is 0.478 e. The maximum atomic E-state index is 11.2. The number of likely N-dealkylation sites (tertiary alicyclic amines) is 1. The molecule has 1 aliphatic heterocycles. The monoisotopic (exact) mass is 335 g/mol. The third-order valence-corrected chi connectivity index (χ3v) is 6.12. The molecule has 1 fully saturated rings. The minimum atomic E-state index is -0.858. The molecular weight excluding hydrogens is 310 g/mol. The third kappa shape index (κ3) is 2.77. The summed E-state index contributed by atoms with van der Waals surface area (Å²) in [4.78, 5) is 13.7. The molecule has 3 nitrogen and oxygen atoms in total. The molecule has 1 N–H and O–H groups in total. The highest BCUT2D eigenvalue weighted by atomic mass is 16.4. The lowest BCUT2D eigenvalue weighted by Crippen LogP contribution is -2.38. The Balaban J connectivity index is 1.76. The molecule has 0 spiro atoms. The van der Waals surface area contributed by atoms with Gasteiger partial charge >= 0.3 is 5.97 Å². The van der Waals surface area contributed by atoms with Crippen LogP contribution in [0.25, 0.3) is 0 Å². The number of hydrogen-bond acceptors (Lipinski definition) is 2. The molecule has 2 aromatic rings. The van der Waals surface area contributed by atoms with Gasteiger partial charge < -0.3 is 10.0 Å². The molecule has 0 radical (unpaired) electrons. The van der Waals surface area contributed by atoms with Crippen LogP contribution in [0.3, 0.4) is 0 Å². The van der Waals surface area contributed by atoms with Crippen molar-refractivity contribution in [1.82, 2.24) is 4.90 Å². The molecule has 0 aromatic heterocycles. The predicted molar refractivity (Wildman–Crippen MR) is 99.4 cm³/mol. The molecule has 0 bridgehead atoms. The van der Waals surface area contributed by atoms with Gasteiger partial charge in [0.15, 0.2) is 0 Å². The average Bonchev–Trinajstić information content (AvgIpc) is 2.94. The van der Waals surface area contributed by atoms with Gasteiger partial charge in [0.1, 0.15) is 0 Å². The summed E-state index contributed by atoms with van der Waals surface area (Å²) in [6.07, 6.45) is 1.21. The van der Waals surface area contributed by atoms with Gasteiger partial charge in [-0.05, 0) is 61.2 Å². The van der Waals surface area contributed by atoms with Crippen LogP contribution >= 0.6 is 0 Å². The smallest absolute Gasteiger partial charge is 0.335 e. The average molecular weight is 335 g/mol. The molecule has 0 unspecified atom stereocenters. The summed E-state index contributed by atoms with van der Waals surface area (Å²) in [6, 6.07) is 14.5. The second-order valence-corrected chi connectivity index (χ2v) is 7.49. The van der Waals surface area contributed by atoms with Crippen LogP contribution in [-0.4, -0.2) is 35.6 Å². The van der Waals surface area contributed by atoms with Crippen molar-refractivity contribution in [3.63, 3.8) is 0 Å². The molecule has 0 amide bonds. The summed E-state index contributed by atoms with van der Waals surface area (Å²) in [5.74, 6) is 0.744. The van der Waals surface area contributed by atoms with Crippen LogP contribution in [0.15, 0.2) is 42.5 Å². The van der Waals surface area contributed by atoms with E-state index in [-0.39, 0.29) is 0 Å². The van der Waals surface area contributed by atoms with E-state index in [1.54, 1.807) is 12.1 Å². The number of piperidine rings is 1. The Hall–Kier alpha value is -2.13. The zero-order valence-electron chi connectivity index (χ0n) is 14.9. The molecule has 0 saturated carbocycles. The Bertz CT molecular complexity index is 796. The van der Waals surface area contributed by atoms with E-state index < -0.39 is 5.97 Å². The van der Waals surface area contributed by atoms with Gasteiger partial charge in [0.2, 0.25) is 0 Å². The van der Waals surface area contributed by atoms with E-state index in [0.717, 1.165) is 19.6 Å². The van der Waals surface area contributed by atoms with Gasteiger partial charge in [0.25, 0.3) is 0 Å². The SMILES string of the molecule is CCN1CC[C@H]2[C@H](c3ccc(C(=O)O)cc3)c3cc(C)ccc3[C@H]2C1. The van der Waals surface area contributed by atoms with Gasteiger partial charge in [-0.2, -0.15) is 0 Å². The Morgan fingerprint density at radius 2 is 1.92 bits per heavy atom. The summed E-state index contributed by atoms with van der Waals surface area (Å²) in [5.41, 5.74) is 5.88. The normalized spacial score (nSPS) is 25.4. The van der Waals surface area contributed by atoms with E-state index in [2.05, 4.69) is 36.9 Å². The second-order valence-electron chi connectivity index (χ2n) is 7.49. The Morgan fingerprint density at radius 3 is 2.60 bits per heavy atom. The van der Waals surface area contributed by atoms with Crippen LogP contribution in [0, 0.1) is 12.8 Å². The predicted octanol–water partition coefficient (Wildman–Crippen LogP) is 4.26. The van der Waals surface area contributed by atoms with Crippen LogP contribution in [0.1, 0.15) is 57.8 Å². The minimum Gasteiger partial charge on any atom is -0.478 e. The first kappa shape index (κ1) is 16.3. The van der Waals surface area contributed by atoms with Crippen molar-refractivity contribution in [2.24, 2.45) is 5.92 Å². The highest BCUT2D eigenvalue weighted by Crippen LogP contribution is 2.53. The molecule has 1 heterocycles. The lowest BCUT2D eigenvalue weighted by molar-refractivity contribution is 0.0697. The number of aryl methyl sites for hydroxylation is 1. The molecule has 2 aromatic carbocycles. The highest BCUT2D eigenvalue weighted by molar-refractivity contribution is 5.87. The standard InChI is InChI=1S/C22H25NO2/c1-3-23-11-10-18-20(13-23)17-9-4-14(2)12-19(17)21(18)15-5-7-16(8-6-15)22(24)25/h4-9,12,18,20-21H,3,10-11,13H2,1-2H3,(H,24,25)/t18-,20-,21+/m1/s1. The van der Waals surface area contributed by atoms with Gasteiger partial charge in [-0.3, -0.25) is 0 Å². The molecule has 2 aliphatic rings. The van der Waals surface area contributed by atoms with Crippen molar-refractivity contribution in [3.05, 3.63) is 70.3 Å². The number of rotatable bonds is 3. The van der Waals surface area contributed by atoms with E-state index in [9.17, 15) is 9.90 Å².